The van der Waals surface area contributed by atoms with Crippen LogP contribution >= 0.6 is 11.3 Å². The molecule has 2 aliphatic rings. The Bertz CT molecular complexity index is 1200. The molecule has 2 amide bonds. The van der Waals surface area contributed by atoms with Gasteiger partial charge in [-0.1, -0.05) is 30.3 Å². The summed E-state index contributed by atoms with van der Waals surface area (Å²) in [5, 5.41) is 1.92. The maximum atomic E-state index is 13.8. The van der Waals surface area contributed by atoms with Crippen LogP contribution in [-0.2, 0) is 16.0 Å². The fourth-order valence-electron chi connectivity index (χ4n) is 4.18. The molecule has 3 heterocycles. The summed E-state index contributed by atoms with van der Waals surface area (Å²) in [7, 11) is 1.55. The van der Waals surface area contributed by atoms with Crippen molar-refractivity contribution in [2.24, 2.45) is 0 Å². The van der Waals surface area contributed by atoms with E-state index in [4.69, 9.17) is 4.74 Å². The number of nitrogens with zero attached hydrogens (tertiary/aromatic N) is 2. The molecule has 0 saturated heterocycles. The maximum absolute atomic E-state index is 13.8. The molecule has 150 valence electrons. The van der Waals surface area contributed by atoms with Gasteiger partial charge in [-0.15, -0.1) is 11.3 Å². The molecule has 0 saturated carbocycles. The molecule has 0 spiro atoms. The van der Waals surface area contributed by atoms with Crippen molar-refractivity contribution < 1.29 is 14.3 Å². The summed E-state index contributed by atoms with van der Waals surface area (Å²) < 4.78 is 5.48. The summed E-state index contributed by atoms with van der Waals surface area (Å²) in [6, 6.07) is 17.4. The second-order valence-corrected chi connectivity index (χ2v) is 8.30. The minimum absolute atomic E-state index is 0.314. The van der Waals surface area contributed by atoms with Crippen molar-refractivity contribution in [3.8, 4) is 5.75 Å². The van der Waals surface area contributed by atoms with Gasteiger partial charge in [-0.2, -0.15) is 0 Å². The minimum Gasteiger partial charge on any atom is -0.495 e. The highest BCUT2D eigenvalue weighted by Gasteiger charge is 2.45. The number of anilines is 2. The van der Waals surface area contributed by atoms with Crippen molar-refractivity contribution in [1.82, 2.24) is 0 Å². The zero-order valence-corrected chi connectivity index (χ0v) is 17.5. The number of hydrogen-bond donors (Lipinski definition) is 0. The fourth-order valence-corrected chi connectivity index (χ4v) is 4.94. The van der Waals surface area contributed by atoms with Gasteiger partial charge in [-0.25, -0.2) is 4.90 Å². The van der Waals surface area contributed by atoms with Crippen molar-refractivity contribution in [1.29, 1.82) is 0 Å². The van der Waals surface area contributed by atoms with Gasteiger partial charge in [0.2, 0.25) is 0 Å². The van der Waals surface area contributed by atoms with Gasteiger partial charge in [0.25, 0.3) is 11.8 Å². The number of aryl methyl sites for hydroxylation is 1. The van der Waals surface area contributed by atoms with Crippen LogP contribution in [0.4, 0.5) is 11.4 Å². The van der Waals surface area contributed by atoms with Crippen LogP contribution < -0.4 is 14.5 Å². The van der Waals surface area contributed by atoms with Gasteiger partial charge in [-0.05, 0) is 54.1 Å². The van der Waals surface area contributed by atoms with Crippen molar-refractivity contribution in [2.45, 2.75) is 13.3 Å². The molecule has 0 fully saturated rings. The monoisotopic (exact) mass is 416 g/mol. The first kappa shape index (κ1) is 18.6. The summed E-state index contributed by atoms with van der Waals surface area (Å²) in [5.41, 5.74) is 4.49. The van der Waals surface area contributed by atoms with Crippen LogP contribution in [0.2, 0.25) is 0 Å². The quantitative estimate of drug-likeness (QED) is 0.591. The van der Waals surface area contributed by atoms with E-state index < -0.39 is 0 Å². The molecule has 2 aliphatic heterocycles. The van der Waals surface area contributed by atoms with Gasteiger partial charge < -0.3 is 9.64 Å². The van der Waals surface area contributed by atoms with Gasteiger partial charge >= 0.3 is 0 Å². The molecule has 0 aliphatic carbocycles. The average molecular weight is 417 g/mol. The lowest BCUT2D eigenvalue weighted by molar-refractivity contribution is -0.120. The number of amides is 2. The number of methoxy groups -OCH3 is 1. The highest BCUT2D eigenvalue weighted by molar-refractivity contribution is 7.11. The molecular formula is C24H20N2O3S. The van der Waals surface area contributed by atoms with Gasteiger partial charge in [0, 0.05) is 17.1 Å². The van der Waals surface area contributed by atoms with E-state index in [0.717, 1.165) is 22.5 Å². The SMILES string of the molecule is COc1ccc(C)cc1N1C(=O)C(c2cccs2)=C(N2CCc3ccccc32)C1=O. The highest BCUT2D eigenvalue weighted by atomic mass is 32.1. The first-order valence-electron chi connectivity index (χ1n) is 9.77. The van der Waals surface area contributed by atoms with Crippen LogP contribution in [0.3, 0.4) is 0 Å². The van der Waals surface area contributed by atoms with E-state index in [-0.39, 0.29) is 11.8 Å². The Morgan fingerprint density at radius 2 is 1.80 bits per heavy atom. The molecule has 3 aromatic rings. The third kappa shape index (κ3) is 2.75. The van der Waals surface area contributed by atoms with E-state index in [0.29, 0.717) is 29.3 Å². The fraction of sp³-hybridized carbons (Fsp3) is 0.167. The number of para-hydroxylation sites is 1. The topological polar surface area (TPSA) is 49.9 Å². The van der Waals surface area contributed by atoms with E-state index in [1.54, 1.807) is 13.2 Å². The van der Waals surface area contributed by atoms with E-state index in [9.17, 15) is 9.59 Å². The van der Waals surface area contributed by atoms with Crippen LogP contribution in [0.5, 0.6) is 5.75 Å². The van der Waals surface area contributed by atoms with Crippen molar-refractivity contribution in [3.05, 3.63) is 81.7 Å². The second kappa shape index (κ2) is 7.15. The molecular weight excluding hydrogens is 396 g/mol. The number of ether oxygens (including phenoxy) is 1. The van der Waals surface area contributed by atoms with Crippen molar-refractivity contribution >= 4 is 40.1 Å². The molecule has 0 N–H and O–H groups in total. The number of hydrogen-bond acceptors (Lipinski definition) is 5. The van der Waals surface area contributed by atoms with E-state index in [1.165, 1.54) is 21.8 Å². The molecule has 0 atom stereocenters. The van der Waals surface area contributed by atoms with Gasteiger partial charge in [0.15, 0.2) is 0 Å². The lowest BCUT2D eigenvalue weighted by atomic mass is 10.1. The molecule has 6 heteroatoms. The number of benzene rings is 2. The average Bonchev–Trinajstić information content (AvgIpc) is 3.46. The van der Waals surface area contributed by atoms with Crippen molar-refractivity contribution in [2.75, 3.05) is 23.5 Å². The summed E-state index contributed by atoms with van der Waals surface area (Å²) >= 11 is 1.46. The highest BCUT2D eigenvalue weighted by Crippen LogP contribution is 2.43. The molecule has 0 bridgehead atoms. The van der Waals surface area contributed by atoms with Gasteiger partial charge in [0.1, 0.15) is 11.4 Å². The van der Waals surface area contributed by atoms with Crippen LogP contribution in [0.15, 0.2) is 65.7 Å². The molecule has 1 aromatic heterocycles. The lowest BCUT2D eigenvalue weighted by Gasteiger charge is -2.22. The number of imide groups is 1. The van der Waals surface area contributed by atoms with E-state index >= 15 is 0 Å². The Morgan fingerprint density at radius 3 is 2.57 bits per heavy atom. The molecule has 5 nitrogen and oxygen atoms in total. The molecule has 30 heavy (non-hydrogen) atoms. The largest absolute Gasteiger partial charge is 0.495 e. The Morgan fingerprint density at radius 1 is 0.967 bits per heavy atom. The molecule has 0 unspecified atom stereocenters. The summed E-state index contributed by atoms with van der Waals surface area (Å²) in [6.45, 7) is 2.60. The third-order valence-corrected chi connectivity index (χ3v) is 6.45. The minimum atomic E-state index is -0.316. The number of rotatable bonds is 4. The molecule has 2 aromatic carbocycles. The van der Waals surface area contributed by atoms with Gasteiger partial charge in [0.05, 0.1) is 18.4 Å². The van der Waals surface area contributed by atoms with E-state index in [2.05, 4.69) is 6.07 Å². The summed E-state index contributed by atoms with van der Waals surface area (Å²) in [4.78, 5) is 31.4. The predicted octanol–water partition coefficient (Wildman–Crippen LogP) is 4.41. The zero-order valence-electron chi connectivity index (χ0n) is 16.7. The Kier molecular flexibility index (Phi) is 4.44. The Hall–Kier alpha value is -3.38. The van der Waals surface area contributed by atoms with Crippen LogP contribution in [0.1, 0.15) is 16.0 Å². The number of carbonyl (C=O) groups is 2. The summed E-state index contributed by atoms with van der Waals surface area (Å²) in [5.74, 6) is -0.134. The smallest absolute Gasteiger partial charge is 0.282 e. The lowest BCUT2D eigenvalue weighted by Crippen LogP contribution is -2.35. The molecule has 5 rings (SSSR count). The second-order valence-electron chi connectivity index (χ2n) is 7.35. The number of carbonyl (C=O) groups excluding carboxylic acids is 2. The van der Waals surface area contributed by atoms with Crippen molar-refractivity contribution in [3.63, 3.8) is 0 Å². The first-order valence-corrected chi connectivity index (χ1v) is 10.6. The van der Waals surface area contributed by atoms with E-state index in [1.807, 2.05) is 59.7 Å². The van der Waals surface area contributed by atoms with Crippen LogP contribution in [0.25, 0.3) is 5.57 Å². The standard InChI is InChI=1S/C24H20N2O3S/c1-15-9-10-19(29-2)18(14-15)26-23(27)21(20-8-5-13-30-20)22(24(26)28)25-12-11-16-6-3-4-7-17(16)25/h3-10,13-14H,11-12H2,1-2H3. The number of thiophene rings is 1. The first-order chi connectivity index (χ1) is 14.6. The Labute approximate surface area is 178 Å². The normalized spacial score (nSPS) is 15.9. The maximum Gasteiger partial charge on any atom is 0.282 e. The number of fused-ring (bicyclic) bond motifs is 1. The third-order valence-electron chi connectivity index (χ3n) is 5.56. The van der Waals surface area contributed by atoms with Crippen LogP contribution in [0, 0.1) is 6.92 Å². The van der Waals surface area contributed by atoms with Gasteiger partial charge in [-0.3, -0.25) is 9.59 Å². The van der Waals surface area contributed by atoms with Crippen LogP contribution in [-0.4, -0.2) is 25.5 Å². The predicted molar refractivity (Wildman–Crippen MR) is 119 cm³/mol. The Balaban J connectivity index is 1.69. The molecule has 0 radical (unpaired) electrons. The summed E-state index contributed by atoms with van der Waals surface area (Å²) in [6.07, 6.45) is 0.840. The zero-order chi connectivity index (χ0) is 20.8.